The third-order valence-corrected chi connectivity index (χ3v) is 2.36. The Bertz CT molecular complexity index is 515. The van der Waals surface area contributed by atoms with E-state index in [4.69, 9.17) is 5.11 Å². The Labute approximate surface area is 112 Å². The minimum Gasteiger partial charge on any atom is -0.478 e. The Morgan fingerprint density at radius 1 is 1.30 bits per heavy atom. The molecule has 0 aliphatic rings. The standard InChI is InChI=1S/C12H13F3N2O3/c1-2-5-16-11(20)17-9-6-7(12(13,14)15)3-4-8(9)10(18)19/h3-4,6H,2,5H2,1H3,(H,18,19)(H2,16,17,20). The van der Waals surface area contributed by atoms with Crippen molar-refractivity contribution in [1.82, 2.24) is 5.32 Å². The quantitative estimate of drug-likeness (QED) is 0.797. The number of carboxylic acids is 1. The second kappa shape index (κ2) is 6.27. The van der Waals surface area contributed by atoms with Gasteiger partial charge in [-0.1, -0.05) is 6.92 Å². The van der Waals surface area contributed by atoms with E-state index in [9.17, 15) is 22.8 Å². The number of urea groups is 1. The molecule has 0 saturated carbocycles. The van der Waals surface area contributed by atoms with E-state index in [1.807, 2.05) is 0 Å². The summed E-state index contributed by atoms with van der Waals surface area (Å²) in [5.74, 6) is -1.43. The molecule has 1 aromatic rings. The van der Waals surface area contributed by atoms with Gasteiger partial charge in [0.15, 0.2) is 0 Å². The van der Waals surface area contributed by atoms with Crippen molar-refractivity contribution in [3.05, 3.63) is 29.3 Å². The number of hydrogen-bond acceptors (Lipinski definition) is 2. The molecule has 0 aliphatic carbocycles. The molecule has 3 N–H and O–H groups in total. The van der Waals surface area contributed by atoms with Crippen LogP contribution in [0.4, 0.5) is 23.7 Å². The van der Waals surface area contributed by atoms with Gasteiger partial charge in [-0.15, -0.1) is 0 Å². The van der Waals surface area contributed by atoms with Crippen LogP contribution in [0.1, 0.15) is 29.3 Å². The molecular formula is C12H13F3N2O3. The number of rotatable bonds is 4. The molecule has 0 aromatic heterocycles. The first kappa shape index (κ1) is 15.8. The summed E-state index contributed by atoms with van der Waals surface area (Å²) in [4.78, 5) is 22.3. The highest BCUT2D eigenvalue weighted by molar-refractivity contribution is 6.00. The first-order valence-corrected chi connectivity index (χ1v) is 5.75. The zero-order chi connectivity index (χ0) is 15.3. The number of hydrogen-bond donors (Lipinski definition) is 3. The normalized spacial score (nSPS) is 11.0. The van der Waals surface area contributed by atoms with Crippen LogP contribution in [0.25, 0.3) is 0 Å². The topological polar surface area (TPSA) is 78.4 Å². The summed E-state index contributed by atoms with van der Waals surface area (Å²) in [6, 6.07) is 1.29. The minimum absolute atomic E-state index is 0.327. The monoisotopic (exact) mass is 290 g/mol. The van der Waals surface area contributed by atoms with Crippen LogP contribution >= 0.6 is 0 Å². The van der Waals surface area contributed by atoms with E-state index in [1.54, 1.807) is 6.92 Å². The molecule has 8 heteroatoms. The van der Waals surface area contributed by atoms with E-state index in [0.29, 0.717) is 25.1 Å². The number of carboxylic acid groups (broad SMARTS) is 1. The van der Waals surface area contributed by atoms with E-state index in [2.05, 4.69) is 10.6 Å². The van der Waals surface area contributed by atoms with Crippen molar-refractivity contribution in [2.24, 2.45) is 0 Å². The number of amides is 2. The lowest BCUT2D eigenvalue weighted by Crippen LogP contribution is -2.30. The smallest absolute Gasteiger partial charge is 0.416 e. The predicted molar refractivity (Wildman–Crippen MR) is 65.7 cm³/mol. The van der Waals surface area contributed by atoms with Crippen LogP contribution in [0.3, 0.4) is 0 Å². The SMILES string of the molecule is CCCNC(=O)Nc1cc(C(F)(F)F)ccc1C(=O)O. The molecule has 2 amide bonds. The Kier molecular flexibility index (Phi) is 4.95. The number of alkyl halides is 3. The number of carbonyl (C=O) groups is 2. The van der Waals surface area contributed by atoms with Gasteiger partial charge in [-0.25, -0.2) is 9.59 Å². The minimum atomic E-state index is -4.62. The highest BCUT2D eigenvalue weighted by Gasteiger charge is 2.31. The molecule has 0 radical (unpaired) electrons. The average molecular weight is 290 g/mol. The number of aromatic carboxylic acids is 1. The Morgan fingerprint density at radius 3 is 2.45 bits per heavy atom. The van der Waals surface area contributed by atoms with Gasteiger partial charge in [0, 0.05) is 6.54 Å². The largest absolute Gasteiger partial charge is 0.478 e. The summed E-state index contributed by atoms with van der Waals surface area (Å²) < 4.78 is 37.7. The van der Waals surface area contributed by atoms with Crippen molar-refractivity contribution < 1.29 is 27.9 Å². The molecule has 5 nitrogen and oxygen atoms in total. The van der Waals surface area contributed by atoms with Gasteiger partial charge in [0.1, 0.15) is 0 Å². The summed E-state index contributed by atoms with van der Waals surface area (Å²) in [7, 11) is 0. The van der Waals surface area contributed by atoms with Gasteiger partial charge in [-0.2, -0.15) is 13.2 Å². The maximum atomic E-state index is 12.6. The molecular weight excluding hydrogens is 277 g/mol. The lowest BCUT2D eigenvalue weighted by Gasteiger charge is -2.13. The first-order chi connectivity index (χ1) is 9.25. The molecule has 0 unspecified atom stereocenters. The summed E-state index contributed by atoms with van der Waals surface area (Å²) >= 11 is 0. The van der Waals surface area contributed by atoms with Crippen LogP contribution in [-0.4, -0.2) is 23.7 Å². The fourth-order valence-electron chi connectivity index (χ4n) is 1.42. The van der Waals surface area contributed by atoms with Gasteiger partial charge in [0.25, 0.3) is 0 Å². The summed E-state index contributed by atoms with van der Waals surface area (Å²) in [6.07, 6.45) is -3.98. The number of anilines is 1. The molecule has 0 heterocycles. The zero-order valence-corrected chi connectivity index (χ0v) is 10.5. The van der Waals surface area contributed by atoms with Crippen molar-refractivity contribution in [1.29, 1.82) is 0 Å². The second-order valence-corrected chi connectivity index (χ2v) is 3.94. The van der Waals surface area contributed by atoms with Gasteiger partial charge in [-0.05, 0) is 24.6 Å². The molecule has 1 aromatic carbocycles. The number of carbonyl (C=O) groups excluding carboxylic acids is 1. The van der Waals surface area contributed by atoms with Crippen LogP contribution in [0, 0.1) is 0 Å². The third kappa shape index (κ3) is 4.15. The van der Waals surface area contributed by atoms with Gasteiger partial charge < -0.3 is 15.7 Å². The van der Waals surface area contributed by atoms with Crippen LogP contribution in [0.2, 0.25) is 0 Å². The highest BCUT2D eigenvalue weighted by Crippen LogP contribution is 2.32. The predicted octanol–water partition coefficient (Wildman–Crippen LogP) is 2.94. The fraction of sp³-hybridized carbons (Fsp3) is 0.333. The molecule has 110 valence electrons. The highest BCUT2D eigenvalue weighted by atomic mass is 19.4. The lowest BCUT2D eigenvalue weighted by molar-refractivity contribution is -0.137. The summed E-state index contributed by atoms with van der Waals surface area (Å²) in [5, 5.41) is 13.4. The van der Waals surface area contributed by atoms with E-state index in [0.717, 1.165) is 6.07 Å². The molecule has 0 aliphatic heterocycles. The molecule has 0 atom stereocenters. The third-order valence-electron chi connectivity index (χ3n) is 2.36. The molecule has 20 heavy (non-hydrogen) atoms. The van der Waals surface area contributed by atoms with Gasteiger partial charge in [0.2, 0.25) is 0 Å². The molecule has 0 bridgehead atoms. The van der Waals surface area contributed by atoms with Crippen molar-refractivity contribution in [3.8, 4) is 0 Å². The van der Waals surface area contributed by atoms with E-state index in [-0.39, 0.29) is 0 Å². The van der Waals surface area contributed by atoms with Crippen LogP contribution in [0.15, 0.2) is 18.2 Å². The number of benzene rings is 1. The number of halogens is 3. The van der Waals surface area contributed by atoms with E-state index in [1.165, 1.54) is 0 Å². The lowest BCUT2D eigenvalue weighted by atomic mass is 10.1. The molecule has 0 saturated heterocycles. The van der Waals surface area contributed by atoms with Crippen LogP contribution < -0.4 is 10.6 Å². The zero-order valence-electron chi connectivity index (χ0n) is 10.5. The summed E-state index contributed by atoms with van der Waals surface area (Å²) in [5.41, 5.74) is -1.85. The van der Waals surface area contributed by atoms with Gasteiger partial charge in [0.05, 0.1) is 16.8 Å². The van der Waals surface area contributed by atoms with Crippen molar-refractivity contribution in [2.45, 2.75) is 19.5 Å². The number of nitrogens with one attached hydrogen (secondary N) is 2. The van der Waals surface area contributed by atoms with Crippen molar-refractivity contribution >= 4 is 17.7 Å². The second-order valence-electron chi connectivity index (χ2n) is 3.94. The molecule has 1 rings (SSSR count). The fourth-order valence-corrected chi connectivity index (χ4v) is 1.42. The summed E-state index contributed by atoms with van der Waals surface area (Å²) in [6.45, 7) is 2.13. The van der Waals surface area contributed by atoms with Crippen molar-refractivity contribution in [2.75, 3.05) is 11.9 Å². The van der Waals surface area contributed by atoms with Crippen LogP contribution in [-0.2, 0) is 6.18 Å². The molecule has 0 spiro atoms. The van der Waals surface area contributed by atoms with Gasteiger partial charge >= 0.3 is 18.2 Å². The first-order valence-electron chi connectivity index (χ1n) is 5.75. The van der Waals surface area contributed by atoms with Crippen molar-refractivity contribution in [3.63, 3.8) is 0 Å². The molecule has 0 fully saturated rings. The maximum absolute atomic E-state index is 12.6. The van der Waals surface area contributed by atoms with Gasteiger partial charge in [-0.3, -0.25) is 0 Å². The average Bonchev–Trinajstić information content (AvgIpc) is 2.34. The Morgan fingerprint density at radius 2 is 1.95 bits per heavy atom. The van der Waals surface area contributed by atoms with E-state index >= 15 is 0 Å². The Balaban J connectivity index is 3.06. The van der Waals surface area contributed by atoms with Crippen LogP contribution in [0.5, 0.6) is 0 Å². The van der Waals surface area contributed by atoms with E-state index < -0.39 is 35.0 Å². The Hall–Kier alpha value is -2.25. The maximum Gasteiger partial charge on any atom is 0.416 e.